The van der Waals surface area contributed by atoms with Crippen LogP contribution in [0.2, 0.25) is 0 Å². The van der Waals surface area contributed by atoms with Crippen molar-refractivity contribution in [2.24, 2.45) is 0 Å². The monoisotopic (exact) mass is 345 g/mol. The van der Waals surface area contributed by atoms with E-state index < -0.39 is 11.6 Å². The molecule has 0 bridgehead atoms. The van der Waals surface area contributed by atoms with Crippen LogP contribution in [0.4, 0.5) is 25.8 Å². The summed E-state index contributed by atoms with van der Waals surface area (Å²) >= 11 is 0. The highest BCUT2D eigenvalue weighted by molar-refractivity contribution is 5.91. The number of nitrogens with zero attached hydrogens (tertiary/aromatic N) is 1. The number of anilines is 3. The highest BCUT2D eigenvalue weighted by Crippen LogP contribution is 2.22. The Morgan fingerprint density at radius 1 is 1.00 bits per heavy atom. The molecular formula is C19H21F2N3O. The van der Waals surface area contributed by atoms with Gasteiger partial charge < -0.3 is 15.5 Å². The fourth-order valence-electron chi connectivity index (χ4n) is 2.92. The van der Waals surface area contributed by atoms with Crippen molar-refractivity contribution >= 4 is 23.0 Å². The van der Waals surface area contributed by atoms with Gasteiger partial charge in [-0.25, -0.2) is 8.78 Å². The van der Waals surface area contributed by atoms with E-state index in [0.717, 1.165) is 18.8 Å². The average molecular weight is 345 g/mol. The molecule has 1 saturated heterocycles. The Labute approximate surface area is 145 Å². The molecular weight excluding hydrogens is 324 g/mol. The normalized spacial score (nSPS) is 13.8. The predicted octanol–water partition coefficient (Wildman–Crippen LogP) is 4.01. The zero-order chi connectivity index (χ0) is 17.6. The summed E-state index contributed by atoms with van der Waals surface area (Å²) in [6, 6.07) is 11.4. The summed E-state index contributed by atoms with van der Waals surface area (Å²) in [6.45, 7) is 2.30. The van der Waals surface area contributed by atoms with Gasteiger partial charge in [0.25, 0.3) is 0 Å². The number of hydrogen-bond acceptors (Lipinski definition) is 3. The number of nitrogens with one attached hydrogen (secondary N) is 2. The molecule has 1 heterocycles. The van der Waals surface area contributed by atoms with Crippen molar-refractivity contribution in [1.82, 2.24) is 0 Å². The Hall–Kier alpha value is -2.63. The van der Waals surface area contributed by atoms with Gasteiger partial charge in [-0.05, 0) is 49.2 Å². The maximum Gasteiger partial charge on any atom is 0.226 e. The molecule has 3 rings (SSSR count). The second-order valence-corrected chi connectivity index (χ2v) is 6.06. The van der Waals surface area contributed by atoms with Gasteiger partial charge in [-0.1, -0.05) is 6.07 Å². The van der Waals surface area contributed by atoms with Gasteiger partial charge in [-0.3, -0.25) is 4.79 Å². The predicted molar refractivity (Wildman–Crippen MR) is 96.0 cm³/mol. The van der Waals surface area contributed by atoms with Crippen molar-refractivity contribution in [3.63, 3.8) is 0 Å². The third kappa shape index (κ3) is 4.47. The van der Waals surface area contributed by atoms with Crippen LogP contribution in [0.25, 0.3) is 0 Å². The molecule has 0 aromatic heterocycles. The molecule has 0 spiro atoms. The van der Waals surface area contributed by atoms with Gasteiger partial charge in [0.1, 0.15) is 17.3 Å². The number of para-hydroxylation sites is 1. The molecule has 0 aliphatic carbocycles. The zero-order valence-electron chi connectivity index (χ0n) is 13.9. The van der Waals surface area contributed by atoms with E-state index in [9.17, 15) is 13.6 Å². The van der Waals surface area contributed by atoms with E-state index in [0.29, 0.717) is 5.69 Å². The van der Waals surface area contributed by atoms with Crippen LogP contribution in [-0.4, -0.2) is 25.5 Å². The van der Waals surface area contributed by atoms with Crippen LogP contribution in [0.15, 0.2) is 42.5 Å². The first kappa shape index (κ1) is 17.2. The minimum absolute atomic E-state index is 0.113. The van der Waals surface area contributed by atoms with E-state index in [1.807, 2.05) is 24.3 Å². The molecule has 1 aliphatic rings. The van der Waals surface area contributed by atoms with Crippen LogP contribution in [-0.2, 0) is 4.79 Å². The Morgan fingerprint density at radius 3 is 2.28 bits per heavy atom. The molecule has 0 unspecified atom stereocenters. The average Bonchev–Trinajstić information content (AvgIpc) is 3.13. The largest absolute Gasteiger partial charge is 0.380 e. The maximum absolute atomic E-state index is 13.5. The second-order valence-electron chi connectivity index (χ2n) is 6.06. The Balaban J connectivity index is 1.47. The highest BCUT2D eigenvalue weighted by Gasteiger charge is 2.12. The lowest BCUT2D eigenvalue weighted by Crippen LogP contribution is -2.18. The SMILES string of the molecule is O=C(CCNc1c(F)cccc1F)Nc1ccc(N2CCCC2)cc1. The summed E-state index contributed by atoms with van der Waals surface area (Å²) in [6.07, 6.45) is 2.55. The van der Waals surface area contributed by atoms with Crippen LogP contribution in [0.5, 0.6) is 0 Å². The zero-order valence-corrected chi connectivity index (χ0v) is 13.9. The summed E-state index contributed by atoms with van der Waals surface area (Å²) in [5.74, 6) is -1.55. The van der Waals surface area contributed by atoms with Crippen LogP contribution in [0.3, 0.4) is 0 Å². The molecule has 0 saturated carbocycles. The van der Waals surface area contributed by atoms with Gasteiger partial charge in [0.05, 0.1) is 0 Å². The number of carbonyl (C=O) groups is 1. The lowest BCUT2D eigenvalue weighted by molar-refractivity contribution is -0.115. The molecule has 2 N–H and O–H groups in total. The van der Waals surface area contributed by atoms with Crippen molar-refractivity contribution in [1.29, 1.82) is 0 Å². The van der Waals surface area contributed by atoms with Gasteiger partial charge in [0.15, 0.2) is 0 Å². The minimum atomic E-state index is -0.669. The standard InChI is InChI=1S/C19H21F2N3O/c20-16-4-3-5-17(21)19(16)22-11-10-18(25)23-14-6-8-15(9-7-14)24-12-1-2-13-24/h3-9,22H,1-2,10-13H2,(H,23,25). The smallest absolute Gasteiger partial charge is 0.226 e. The van der Waals surface area contributed by atoms with Gasteiger partial charge >= 0.3 is 0 Å². The summed E-state index contributed by atoms with van der Waals surface area (Å²) in [5, 5.41) is 5.42. The molecule has 0 radical (unpaired) electrons. The molecule has 2 aromatic rings. The molecule has 1 amide bonds. The third-order valence-electron chi connectivity index (χ3n) is 4.24. The lowest BCUT2D eigenvalue weighted by atomic mass is 10.2. The van der Waals surface area contributed by atoms with E-state index >= 15 is 0 Å². The Kier molecular flexibility index (Phi) is 5.48. The van der Waals surface area contributed by atoms with E-state index in [-0.39, 0.29) is 24.6 Å². The minimum Gasteiger partial charge on any atom is -0.380 e. The highest BCUT2D eigenvalue weighted by atomic mass is 19.1. The molecule has 132 valence electrons. The first-order chi connectivity index (χ1) is 12.1. The molecule has 1 aliphatic heterocycles. The van der Waals surface area contributed by atoms with Gasteiger partial charge in [0.2, 0.25) is 5.91 Å². The molecule has 2 aromatic carbocycles. The topological polar surface area (TPSA) is 44.4 Å². The van der Waals surface area contributed by atoms with Crippen molar-refractivity contribution in [2.45, 2.75) is 19.3 Å². The molecule has 25 heavy (non-hydrogen) atoms. The van der Waals surface area contributed by atoms with E-state index in [2.05, 4.69) is 15.5 Å². The van der Waals surface area contributed by atoms with Crippen LogP contribution < -0.4 is 15.5 Å². The Bertz CT molecular complexity index is 708. The molecule has 4 nitrogen and oxygen atoms in total. The van der Waals surface area contributed by atoms with Crippen molar-refractivity contribution < 1.29 is 13.6 Å². The fraction of sp³-hybridized carbons (Fsp3) is 0.316. The number of carbonyl (C=O) groups excluding carboxylic acids is 1. The number of halogens is 2. The van der Waals surface area contributed by atoms with Gasteiger partial charge in [-0.2, -0.15) is 0 Å². The summed E-state index contributed by atoms with van der Waals surface area (Å²) in [5.41, 5.74) is 1.67. The molecule has 0 atom stereocenters. The van der Waals surface area contributed by atoms with E-state index in [1.165, 1.54) is 31.0 Å². The van der Waals surface area contributed by atoms with Gasteiger partial charge in [-0.15, -0.1) is 0 Å². The quantitative estimate of drug-likeness (QED) is 0.832. The first-order valence-corrected chi connectivity index (χ1v) is 8.46. The number of amides is 1. The van der Waals surface area contributed by atoms with Crippen molar-refractivity contribution in [2.75, 3.05) is 35.2 Å². The fourth-order valence-corrected chi connectivity index (χ4v) is 2.92. The molecule has 1 fully saturated rings. The van der Waals surface area contributed by atoms with Crippen LogP contribution in [0, 0.1) is 11.6 Å². The summed E-state index contributed by atoms with van der Waals surface area (Å²) in [4.78, 5) is 14.3. The second kappa shape index (κ2) is 7.96. The summed E-state index contributed by atoms with van der Waals surface area (Å²) < 4.78 is 27.0. The lowest BCUT2D eigenvalue weighted by Gasteiger charge is -2.17. The molecule has 6 heteroatoms. The third-order valence-corrected chi connectivity index (χ3v) is 4.24. The van der Waals surface area contributed by atoms with E-state index in [1.54, 1.807) is 0 Å². The van der Waals surface area contributed by atoms with Crippen LogP contribution in [0.1, 0.15) is 19.3 Å². The Morgan fingerprint density at radius 2 is 1.64 bits per heavy atom. The van der Waals surface area contributed by atoms with Crippen molar-refractivity contribution in [3.05, 3.63) is 54.1 Å². The van der Waals surface area contributed by atoms with Crippen LogP contribution >= 0.6 is 0 Å². The van der Waals surface area contributed by atoms with Gasteiger partial charge in [0, 0.05) is 37.4 Å². The number of hydrogen-bond donors (Lipinski definition) is 2. The summed E-state index contributed by atoms with van der Waals surface area (Å²) in [7, 11) is 0. The number of benzene rings is 2. The van der Waals surface area contributed by atoms with E-state index in [4.69, 9.17) is 0 Å². The van der Waals surface area contributed by atoms with Crippen molar-refractivity contribution in [3.8, 4) is 0 Å². The maximum atomic E-state index is 13.5. The number of rotatable bonds is 6. The first-order valence-electron chi connectivity index (χ1n) is 8.46.